The monoisotopic (exact) mass is 274 g/mol. The third-order valence-corrected chi connectivity index (χ3v) is 3.30. The number of halogens is 1. The van der Waals surface area contributed by atoms with Crippen LogP contribution in [0.1, 0.15) is 17.9 Å². The van der Waals surface area contributed by atoms with Gasteiger partial charge in [0.25, 0.3) is 0 Å². The second-order valence-corrected chi connectivity index (χ2v) is 4.50. The summed E-state index contributed by atoms with van der Waals surface area (Å²) in [6.45, 7) is 2.49. The average molecular weight is 275 g/mol. The number of likely N-dealkylation sites (N-methyl/N-ethyl adjacent to an activating group) is 1. The number of hydrogen-bond donors (Lipinski definition) is 0. The first kappa shape index (κ1) is 13.6. The predicted octanol–water partition coefficient (Wildman–Crippen LogP) is 3.41. The Morgan fingerprint density at radius 3 is 2.42 bits per heavy atom. The Morgan fingerprint density at radius 2 is 1.84 bits per heavy atom. The molecule has 1 atom stereocenters. The van der Waals surface area contributed by atoms with Gasteiger partial charge in [-0.1, -0.05) is 30.3 Å². The van der Waals surface area contributed by atoms with E-state index in [4.69, 9.17) is 11.6 Å². The van der Waals surface area contributed by atoms with Crippen molar-refractivity contribution < 1.29 is 4.79 Å². The van der Waals surface area contributed by atoms with E-state index >= 15 is 0 Å². The van der Waals surface area contributed by atoms with Gasteiger partial charge in [0.1, 0.15) is 5.38 Å². The molecule has 2 aromatic rings. The van der Waals surface area contributed by atoms with Crippen LogP contribution in [0.4, 0.5) is 5.69 Å². The first-order valence-corrected chi connectivity index (χ1v) is 6.58. The number of hydrogen-bond acceptors (Lipinski definition) is 2. The van der Waals surface area contributed by atoms with Gasteiger partial charge in [-0.05, 0) is 24.6 Å². The number of carbonyl (C=O) groups is 1. The summed E-state index contributed by atoms with van der Waals surface area (Å²) in [7, 11) is 0. The molecule has 1 unspecified atom stereocenters. The summed E-state index contributed by atoms with van der Waals surface area (Å²) in [4.78, 5) is 18.1. The molecule has 0 saturated carbocycles. The Bertz CT molecular complexity index is 530. The number of carbonyl (C=O) groups excluding carboxylic acids is 1. The molecule has 1 aromatic carbocycles. The fourth-order valence-corrected chi connectivity index (χ4v) is 2.15. The Hall–Kier alpha value is -1.87. The molecule has 1 aromatic heterocycles. The molecule has 0 bridgehead atoms. The van der Waals surface area contributed by atoms with E-state index in [1.165, 1.54) is 0 Å². The van der Waals surface area contributed by atoms with Gasteiger partial charge in [-0.2, -0.15) is 0 Å². The number of benzene rings is 1. The lowest BCUT2D eigenvalue weighted by Gasteiger charge is -2.23. The second-order valence-electron chi connectivity index (χ2n) is 4.06. The predicted molar refractivity (Wildman–Crippen MR) is 77.3 cm³/mol. The molecule has 1 amide bonds. The zero-order valence-corrected chi connectivity index (χ0v) is 11.4. The minimum absolute atomic E-state index is 0.124. The standard InChI is InChI=1S/C15H15ClN2O/c1-2-18(13-8-10-17-11-9-13)15(19)14(16)12-6-4-3-5-7-12/h3-11,14H,2H2,1H3. The van der Waals surface area contributed by atoms with E-state index in [1.54, 1.807) is 29.4 Å². The van der Waals surface area contributed by atoms with E-state index in [1.807, 2.05) is 37.3 Å². The van der Waals surface area contributed by atoms with Gasteiger partial charge >= 0.3 is 0 Å². The molecule has 0 spiro atoms. The Morgan fingerprint density at radius 1 is 1.21 bits per heavy atom. The van der Waals surface area contributed by atoms with Crippen molar-refractivity contribution in [2.45, 2.75) is 12.3 Å². The molecule has 1 heterocycles. The molecular weight excluding hydrogens is 260 g/mol. The maximum absolute atomic E-state index is 12.4. The van der Waals surface area contributed by atoms with Crippen LogP contribution in [0.2, 0.25) is 0 Å². The molecule has 0 aliphatic carbocycles. The van der Waals surface area contributed by atoms with Crippen LogP contribution in [0, 0.1) is 0 Å². The van der Waals surface area contributed by atoms with E-state index < -0.39 is 5.38 Å². The zero-order chi connectivity index (χ0) is 13.7. The number of aromatic nitrogens is 1. The number of pyridine rings is 1. The van der Waals surface area contributed by atoms with Gasteiger partial charge in [-0.15, -0.1) is 11.6 Å². The smallest absolute Gasteiger partial charge is 0.249 e. The molecule has 0 saturated heterocycles. The van der Waals surface area contributed by atoms with Crippen molar-refractivity contribution in [2.75, 3.05) is 11.4 Å². The van der Waals surface area contributed by atoms with Crippen LogP contribution in [0.5, 0.6) is 0 Å². The van der Waals surface area contributed by atoms with Gasteiger partial charge in [0.2, 0.25) is 5.91 Å². The van der Waals surface area contributed by atoms with Crippen molar-refractivity contribution in [3.05, 3.63) is 60.4 Å². The highest BCUT2D eigenvalue weighted by atomic mass is 35.5. The summed E-state index contributed by atoms with van der Waals surface area (Å²) in [5.74, 6) is -0.124. The third-order valence-electron chi connectivity index (χ3n) is 2.87. The minimum Gasteiger partial charge on any atom is -0.311 e. The van der Waals surface area contributed by atoms with Crippen LogP contribution in [-0.2, 0) is 4.79 Å². The lowest BCUT2D eigenvalue weighted by Crippen LogP contribution is -2.33. The van der Waals surface area contributed by atoms with Crippen molar-refractivity contribution in [1.82, 2.24) is 4.98 Å². The van der Waals surface area contributed by atoms with Crippen LogP contribution in [0.25, 0.3) is 0 Å². The highest BCUT2D eigenvalue weighted by Gasteiger charge is 2.23. The van der Waals surface area contributed by atoms with Crippen LogP contribution in [-0.4, -0.2) is 17.4 Å². The summed E-state index contributed by atoms with van der Waals surface area (Å²) in [6.07, 6.45) is 3.33. The van der Waals surface area contributed by atoms with Crippen molar-refractivity contribution >= 4 is 23.2 Å². The van der Waals surface area contributed by atoms with Crippen molar-refractivity contribution in [2.24, 2.45) is 0 Å². The van der Waals surface area contributed by atoms with Crippen LogP contribution < -0.4 is 4.90 Å². The molecule has 98 valence electrons. The van der Waals surface area contributed by atoms with Crippen molar-refractivity contribution in [3.8, 4) is 0 Å². The highest BCUT2D eigenvalue weighted by Crippen LogP contribution is 2.25. The lowest BCUT2D eigenvalue weighted by atomic mass is 10.1. The first-order valence-electron chi connectivity index (χ1n) is 6.14. The second kappa shape index (κ2) is 6.34. The topological polar surface area (TPSA) is 33.2 Å². The normalized spacial score (nSPS) is 11.9. The van der Waals surface area contributed by atoms with E-state index in [0.717, 1.165) is 11.3 Å². The van der Waals surface area contributed by atoms with Gasteiger partial charge in [0.15, 0.2) is 0 Å². The summed E-state index contributed by atoms with van der Waals surface area (Å²) in [6, 6.07) is 13.0. The largest absolute Gasteiger partial charge is 0.311 e. The summed E-state index contributed by atoms with van der Waals surface area (Å²) >= 11 is 6.27. The molecule has 4 heteroatoms. The SMILES string of the molecule is CCN(C(=O)C(Cl)c1ccccc1)c1ccncc1. The van der Waals surface area contributed by atoms with Crippen molar-refractivity contribution in [1.29, 1.82) is 0 Å². The molecule has 0 aliphatic heterocycles. The van der Waals surface area contributed by atoms with E-state index in [-0.39, 0.29) is 5.91 Å². The molecule has 19 heavy (non-hydrogen) atoms. The van der Waals surface area contributed by atoms with Crippen molar-refractivity contribution in [3.63, 3.8) is 0 Å². The van der Waals surface area contributed by atoms with E-state index in [9.17, 15) is 4.79 Å². The number of alkyl halides is 1. The molecule has 2 rings (SSSR count). The maximum Gasteiger partial charge on any atom is 0.249 e. The summed E-state index contributed by atoms with van der Waals surface area (Å²) < 4.78 is 0. The number of nitrogens with zero attached hydrogens (tertiary/aromatic N) is 2. The molecule has 0 radical (unpaired) electrons. The molecule has 3 nitrogen and oxygen atoms in total. The molecule has 0 N–H and O–H groups in total. The van der Waals surface area contributed by atoms with E-state index in [0.29, 0.717) is 6.54 Å². The quantitative estimate of drug-likeness (QED) is 0.801. The van der Waals surface area contributed by atoms with Gasteiger partial charge in [0, 0.05) is 24.6 Å². The van der Waals surface area contributed by atoms with Gasteiger partial charge < -0.3 is 4.90 Å². The summed E-state index contributed by atoms with van der Waals surface area (Å²) in [5.41, 5.74) is 1.62. The van der Waals surface area contributed by atoms with Crippen LogP contribution in [0.15, 0.2) is 54.9 Å². The number of rotatable bonds is 4. The third kappa shape index (κ3) is 3.12. The Kier molecular flexibility index (Phi) is 4.53. The van der Waals surface area contributed by atoms with Crippen LogP contribution >= 0.6 is 11.6 Å². The first-order chi connectivity index (χ1) is 9.24. The van der Waals surface area contributed by atoms with Gasteiger partial charge in [-0.3, -0.25) is 9.78 Å². The van der Waals surface area contributed by atoms with Crippen LogP contribution in [0.3, 0.4) is 0 Å². The molecule has 0 aliphatic rings. The van der Waals surface area contributed by atoms with Gasteiger partial charge in [-0.25, -0.2) is 0 Å². The lowest BCUT2D eigenvalue weighted by molar-refractivity contribution is -0.118. The number of anilines is 1. The average Bonchev–Trinajstić information content (AvgIpc) is 2.49. The van der Waals surface area contributed by atoms with E-state index in [2.05, 4.69) is 4.98 Å². The highest BCUT2D eigenvalue weighted by molar-refractivity contribution is 6.32. The van der Waals surface area contributed by atoms with Gasteiger partial charge in [0.05, 0.1) is 0 Å². The molecular formula is C15H15ClN2O. The number of amides is 1. The minimum atomic E-state index is -0.672. The Labute approximate surface area is 117 Å². The summed E-state index contributed by atoms with van der Waals surface area (Å²) in [5, 5.41) is -0.672. The maximum atomic E-state index is 12.4. The fourth-order valence-electron chi connectivity index (χ4n) is 1.89. The fraction of sp³-hybridized carbons (Fsp3) is 0.200. The zero-order valence-electron chi connectivity index (χ0n) is 10.7. The molecule has 0 fully saturated rings. The Balaban J connectivity index is 2.22.